The molecule has 0 fully saturated rings. The minimum Gasteiger partial charge on any atom is -0.351 e. The Morgan fingerprint density at radius 1 is 1.37 bits per heavy atom. The van der Waals surface area contributed by atoms with Crippen LogP contribution >= 0.6 is 31.9 Å². The predicted octanol–water partition coefficient (Wildman–Crippen LogP) is 4.69. The summed E-state index contributed by atoms with van der Waals surface area (Å²) < 4.78 is 0.850. The second-order valence-electron chi connectivity index (χ2n) is 5.62. The maximum absolute atomic E-state index is 12.1. The first-order chi connectivity index (χ1) is 8.85. The summed E-state index contributed by atoms with van der Waals surface area (Å²) in [4.78, 5) is 12.1. The molecule has 0 unspecified atom stereocenters. The highest BCUT2D eigenvalue weighted by Gasteiger charge is 2.19. The Bertz CT molecular complexity index is 444. The van der Waals surface area contributed by atoms with Gasteiger partial charge in [0.1, 0.15) is 0 Å². The van der Waals surface area contributed by atoms with E-state index in [-0.39, 0.29) is 11.3 Å². The summed E-state index contributed by atoms with van der Waals surface area (Å²) in [5.41, 5.74) is 1.96. The number of halogens is 2. The number of benzene rings is 1. The second kappa shape index (κ2) is 7.44. The van der Waals surface area contributed by atoms with Crippen molar-refractivity contribution in [3.05, 3.63) is 33.8 Å². The van der Waals surface area contributed by atoms with E-state index < -0.39 is 0 Å². The highest BCUT2D eigenvalue weighted by Crippen LogP contribution is 2.23. The third-order valence-electron chi connectivity index (χ3n) is 3.08. The van der Waals surface area contributed by atoms with Gasteiger partial charge < -0.3 is 5.32 Å². The first-order valence-electron chi connectivity index (χ1n) is 6.46. The average molecular weight is 391 g/mol. The molecule has 1 N–H and O–H groups in total. The Balaban J connectivity index is 2.60. The molecular weight excluding hydrogens is 370 g/mol. The van der Waals surface area contributed by atoms with Crippen LogP contribution < -0.4 is 5.32 Å². The van der Waals surface area contributed by atoms with E-state index >= 15 is 0 Å². The first-order valence-corrected chi connectivity index (χ1v) is 8.37. The van der Waals surface area contributed by atoms with Gasteiger partial charge in [0.05, 0.1) is 5.56 Å². The largest absolute Gasteiger partial charge is 0.351 e. The lowest BCUT2D eigenvalue weighted by atomic mass is 9.88. The van der Waals surface area contributed by atoms with Gasteiger partial charge in [-0.15, -0.1) is 0 Å². The van der Waals surface area contributed by atoms with Crippen LogP contribution in [0, 0.1) is 12.3 Å². The van der Waals surface area contributed by atoms with E-state index in [0.717, 1.165) is 28.2 Å². The summed E-state index contributed by atoms with van der Waals surface area (Å²) in [7, 11) is 0. The smallest absolute Gasteiger partial charge is 0.252 e. The molecule has 0 bridgehead atoms. The van der Waals surface area contributed by atoms with E-state index in [1.54, 1.807) is 0 Å². The quantitative estimate of drug-likeness (QED) is 0.701. The Morgan fingerprint density at radius 3 is 2.63 bits per heavy atom. The van der Waals surface area contributed by atoms with E-state index in [1.807, 2.05) is 25.1 Å². The highest BCUT2D eigenvalue weighted by atomic mass is 79.9. The van der Waals surface area contributed by atoms with E-state index in [2.05, 4.69) is 51.0 Å². The van der Waals surface area contributed by atoms with E-state index in [9.17, 15) is 4.79 Å². The van der Waals surface area contributed by atoms with Crippen molar-refractivity contribution < 1.29 is 4.79 Å². The summed E-state index contributed by atoms with van der Waals surface area (Å²) in [6, 6.07) is 5.78. The molecule has 0 atom stereocenters. The molecule has 0 spiro atoms. The lowest BCUT2D eigenvalue weighted by Crippen LogP contribution is -2.34. The standard InChI is InChI=1S/C15H21Br2NO/c1-11-5-6-12(13(17)9-11)14(19)18-10-15(2,3)7-4-8-16/h5-6,9H,4,7-8,10H2,1-3H3,(H,18,19). The Labute approximate surface area is 132 Å². The van der Waals surface area contributed by atoms with Crippen LogP contribution in [0.3, 0.4) is 0 Å². The SMILES string of the molecule is Cc1ccc(C(=O)NCC(C)(C)CCCBr)c(Br)c1. The molecule has 0 saturated carbocycles. The van der Waals surface area contributed by atoms with E-state index in [1.165, 1.54) is 0 Å². The normalized spacial score (nSPS) is 11.4. The lowest BCUT2D eigenvalue weighted by molar-refractivity contribution is 0.0934. The number of alkyl halides is 1. The molecule has 0 aromatic heterocycles. The third kappa shape index (κ3) is 5.65. The van der Waals surface area contributed by atoms with Crippen LogP contribution in [0.5, 0.6) is 0 Å². The molecule has 0 heterocycles. The van der Waals surface area contributed by atoms with Gasteiger partial charge in [-0.3, -0.25) is 4.79 Å². The molecule has 1 aromatic carbocycles. The van der Waals surface area contributed by atoms with Gasteiger partial charge in [0.25, 0.3) is 5.91 Å². The van der Waals surface area contributed by atoms with Crippen molar-refractivity contribution in [3.8, 4) is 0 Å². The van der Waals surface area contributed by atoms with Crippen molar-refractivity contribution in [3.63, 3.8) is 0 Å². The number of aryl methyl sites for hydroxylation is 1. The zero-order valence-electron chi connectivity index (χ0n) is 11.7. The van der Waals surface area contributed by atoms with Crippen LogP contribution in [-0.2, 0) is 0 Å². The fraction of sp³-hybridized carbons (Fsp3) is 0.533. The molecule has 4 heteroatoms. The maximum atomic E-state index is 12.1. The summed E-state index contributed by atoms with van der Waals surface area (Å²) in [6.45, 7) is 7.06. The topological polar surface area (TPSA) is 29.1 Å². The van der Waals surface area contributed by atoms with Crippen LogP contribution in [0.4, 0.5) is 0 Å². The van der Waals surface area contributed by atoms with Crippen molar-refractivity contribution in [1.29, 1.82) is 0 Å². The molecule has 1 aromatic rings. The lowest BCUT2D eigenvalue weighted by Gasteiger charge is -2.24. The Morgan fingerprint density at radius 2 is 2.05 bits per heavy atom. The number of hydrogen-bond donors (Lipinski definition) is 1. The summed E-state index contributed by atoms with van der Waals surface area (Å²) in [5.74, 6) is -0.0150. The third-order valence-corrected chi connectivity index (χ3v) is 4.30. The molecule has 1 amide bonds. The van der Waals surface area contributed by atoms with Crippen molar-refractivity contribution >= 4 is 37.8 Å². The average Bonchev–Trinajstić information content (AvgIpc) is 2.34. The van der Waals surface area contributed by atoms with Crippen LogP contribution in [0.25, 0.3) is 0 Å². The summed E-state index contributed by atoms with van der Waals surface area (Å²) >= 11 is 6.88. The molecule has 0 aliphatic carbocycles. The molecule has 106 valence electrons. The number of amides is 1. The van der Waals surface area contributed by atoms with Crippen molar-refractivity contribution in [2.24, 2.45) is 5.41 Å². The van der Waals surface area contributed by atoms with Crippen LogP contribution in [-0.4, -0.2) is 17.8 Å². The van der Waals surface area contributed by atoms with Gasteiger partial charge in [-0.25, -0.2) is 0 Å². The fourth-order valence-electron chi connectivity index (χ4n) is 1.85. The van der Waals surface area contributed by atoms with Gasteiger partial charge in [-0.05, 0) is 58.8 Å². The number of carbonyl (C=O) groups is 1. The van der Waals surface area contributed by atoms with Gasteiger partial charge in [-0.2, -0.15) is 0 Å². The van der Waals surface area contributed by atoms with E-state index in [4.69, 9.17) is 0 Å². The number of nitrogens with one attached hydrogen (secondary N) is 1. The van der Waals surface area contributed by atoms with Gasteiger partial charge >= 0.3 is 0 Å². The molecule has 0 saturated heterocycles. The zero-order valence-corrected chi connectivity index (χ0v) is 14.9. The zero-order chi connectivity index (χ0) is 14.5. The Kier molecular flexibility index (Phi) is 6.54. The van der Waals surface area contributed by atoms with Gasteiger partial charge in [-0.1, -0.05) is 35.8 Å². The predicted molar refractivity (Wildman–Crippen MR) is 88.0 cm³/mol. The highest BCUT2D eigenvalue weighted by molar-refractivity contribution is 9.10. The molecule has 0 aliphatic rings. The van der Waals surface area contributed by atoms with Crippen LogP contribution in [0.15, 0.2) is 22.7 Å². The van der Waals surface area contributed by atoms with Gasteiger partial charge in [0, 0.05) is 16.3 Å². The van der Waals surface area contributed by atoms with Crippen molar-refractivity contribution in [2.75, 3.05) is 11.9 Å². The monoisotopic (exact) mass is 389 g/mol. The van der Waals surface area contributed by atoms with Crippen LogP contribution in [0.1, 0.15) is 42.6 Å². The minimum absolute atomic E-state index is 0.0150. The summed E-state index contributed by atoms with van der Waals surface area (Å²) in [6.07, 6.45) is 2.21. The molecule has 1 rings (SSSR count). The van der Waals surface area contributed by atoms with E-state index in [0.29, 0.717) is 12.1 Å². The van der Waals surface area contributed by atoms with Crippen molar-refractivity contribution in [2.45, 2.75) is 33.6 Å². The summed E-state index contributed by atoms with van der Waals surface area (Å²) in [5, 5.41) is 4.03. The fourth-order valence-corrected chi connectivity index (χ4v) is 2.81. The maximum Gasteiger partial charge on any atom is 0.252 e. The first kappa shape index (κ1) is 16.7. The molecule has 2 nitrogen and oxygen atoms in total. The van der Waals surface area contributed by atoms with Gasteiger partial charge in [0.15, 0.2) is 0 Å². The van der Waals surface area contributed by atoms with Crippen molar-refractivity contribution in [1.82, 2.24) is 5.32 Å². The number of hydrogen-bond acceptors (Lipinski definition) is 1. The van der Waals surface area contributed by atoms with Crippen LogP contribution in [0.2, 0.25) is 0 Å². The molecular formula is C15H21Br2NO. The molecule has 19 heavy (non-hydrogen) atoms. The second-order valence-corrected chi connectivity index (χ2v) is 7.27. The Hall–Kier alpha value is -0.350. The minimum atomic E-state index is -0.0150. The number of rotatable bonds is 6. The molecule has 0 radical (unpaired) electrons. The molecule has 0 aliphatic heterocycles. The number of carbonyl (C=O) groups excluding carboxylic acids is 1. The van der Waals surface area contributed by atoms with Gasteiger partial charge in [0.2, 0.25) is 0 Å².